The van der Waals surface area contributed by atoms with Gasteiger partial charge in [0.2, 0.25) is 0 Å². The lowest BCUT2D eigenvalue weighted by Gasteiger charge is -2.05. The number of aromatic hydroxyl groups is 1. The molecule has 0 spiro atoms. The molecule has 0 aliphatic carbocycles. The number of nitro benzene ring substituents is 1. The van der Waals surface area contributed by atoms with E-state index in [0.29, 0.717) is 5.56 Å². The predicted molar refractivity (Wildman–Crippen MR) is 82.8 cm³/mol. The minimum Gasteiger partial charge on any atom is -0.504 e. The zero-order valence-electron chi connectivity index (χ0n) is 12.1. The second kappa shape index (κ2) is 7.03. The molecule has 2 aromatic carbocycles. The highest BCUT2D eigenvalue weighted by molar-refractivity contribution is 5.98. The van der Waals surface area contributed by atoms with Crippen LogP contribution in [-0.4, -0.2) is 29.3 Å². The highest BCUT2D eigenvalue weighted by atomic mass is 16.6. The van der Waals surface area contributed by atoms with Crippen molar-refractivity contribution in [2.75, 3.05) is 7.11 Å². The van der Waals surface area contributed by atoms with Crippen molar-refractivity contribution in [2.45, 2.75) is 0 Å². The van der Waals surface area contributed by atoms with Gasteiger partial charge in [0.05, 0.1) is 18.2 Å². The Labute approximate surface area is 131 Å². The average molecular weight is 315 g/mol. The zero-order valence-corrected chi connectivity index (χ0v) is 12.1. The molecule has 1 amide bonds. The van der Waals surface area contributed by atoms with Gasteiger partial charge >= 0.3 is 0 Å². The van der Waals surface area contributed by atoms with Gasteiger partial charge in [-0.25, -0.2) is 5.43 Å². The van der Waals surface area contributed by atoms with Gasteiger partial charge in [-0.3, -0.25) is 14.9 Å². The van der Waals surface area contributed by atoms with Crippen molar-refractivity contribution in [1.29, 1.82) is 0 Å². The summed E-state index contributed by atoms with van der Waals surface area (Å²) in [4.78, 5) is 22.2. The first kappa shape index (κ1) is 16.0. The van der Waals surface area contributed by atoms with E-state index >= 15 is 0 Å². The number of rotatable bonds is 5. The minimum absolute atomic E-state index is 0.107. The maximum atomic E-state index is 12.0. The largest absolute Gasteiger partial charge is 0.504 e. The number of carbonyl (C=O) groups is 1. The molecule has 0 heterocycles. The van der Waals surface area contributed by atoms with Crippen LogP contribution in [0.5, 0.6) is 11.5 Å². The third kappa shape index (κ3) is 3.62. The Hall–Kier alpha value is -3.42. The summed E-state index contributed by atoms with van der Waals surface area (Å²) in [5.74, 6) is -0.589. The molecule has 0 aromatic heterocycles. The van der Waals surface area contributed by atoms with E-state index in [0.717, 1.165) is 0 Å². The van der Waals surface area contributed by atoms with E-state index in [-0.39, 0.29) is 22.7 Å². The van der Waals surface area contributed by atoms with Gasteiger partial charge in [0.25, 0.3) is 11.6 Å². The number of phenolic OH excluding ortho intramolecular Hbond substituents is 1. The number of nitrogens with one attached hydrogen (secondary N) is 1. The molecule has 23 heavy (non-hydrogen) atoms. The topological polar surface area (TPSA) is 114 Å². The number of hydrazone groups is 1. The minimum atomic E-state index is -0.726. The Bertz CT molecular complexity index is 773. The number of phenols is 1. The average Bonchev–Trinajstić information content (AvgIpc) is 2.56. The van der Waals surface area contributed by atoms with Crippen LogP contribution in [0.25, 0.3) is 0 Å². The van der Waals surface area contributed by atoms with Crippen LogP contribution in [0.15, 0.2) is 47.6 Å². The quantitative estimate of drug-likeness (QED) is 0.498. The molecule has 0 radical (unpaired) electrons. The molecule has 2 aromatic rings. The van der Waals surface area contributed by atoms with Crippen LogP contribution in [0.1, 0.15) is 15.9 Å². The third-order valence-electron chi connectivity index (χ3n) is 2.97. The third-order valence-corrected chi connectivity index (χ3v) is 2.97. The summed E-state index contributed by atoms with van der Waals surface area (Å²) in [6.45, 7) is 0. The van der Waals surface area contributed by atoms with Crippen molar-refractivity contribution in [2.24, 2.45) is 5.10 Å². The maximum absolute atomic E-state index is 12.0. The molecular weight excluding hydrogens is 302 g/mol. The molecule has 2 N–H and O–H groups in total. The van der Waals surface area contributed by atoms with Crippen LogP contribution in [0.2, 0.25) is 0 Å². The van der Waals surface area contributed by atoms with Crippen LogP contribution in [0, 0.1) is 10.1 Å². The number of nitro groups is 1. The normalized spacial score (nSPS) is 10.5. The highest BCUT2D eigenvalue weighted by Gasteiger charge is 2.18. The first-order chi connectivity index (χ1) is 11.0. The van der Waals surface area contributed by atoms with Gasteiger partial charge in [-0.1, -0.05) is 18.2 Å². The van der Waals surface area contributed by atoms with Gasteiger partial charge in [-0.2, -0.15) is 5.10 Å². The lowest BCUT2D eigenvalue weighted by molar-refractivity contribution is -0.385. The smallest absolute Gasteiger partial charge is 0.282 e. The fourth-order valence-corrected chi connectivity index (χ4v) is 1.85. The van der Waals surface area contributed by atoms with Crippen molar-refractivity contribution in [3.8, 4) is 11.5 Å². The molecule has 0 aliphatic heterocycles. The number of ether oxygens (including phenoxy) is 1. The van der Waals surface area contributed by atoms with Crippen LogP contribution < -0.4 is 10.2 Å². The van der Waals surface area contributed by atoms with Crippen LogP contribution in [0.3, 0.4) is 0 Å². The van der Waals surface area contributed by atoms with E-state index in [4.69, 9.17) is 4.74 Å². The number of amides is 1. The molecule has 0 unspecified atom stereocenters. The van der Waals surface area contributed by atoms with Crippen molar-refractivity contribution in [3.63, 3.8) is 0 Å². The van der Waals surface area contributed by atoms with Crippen molar-refractivity contribution >= 4 is 17.8 Å². The lowest BCUT2D eigenvalue weighted by atomic mass is 10.2. The molecule has 0 fully saturated rings. The van der Waals surface area contributed by atoms with Crippen molar-refractivity contribution in [1.82, 2.24) is 5.43 Å². The molecule has 0 aliphatic rings. The second-order valence-corrected chi connectivity index (χ2v) is 4.37. The molecule has 0 saturated heterocycles. The Morgan fingerprint density at radius 2 is 2.04 bits per heavy atom. The Morgan fingerprint density at radius 3 is 2.74 bits per heavy atom. The first-order valence-corrected chi connectivity index (χ1v) is 6.47. The number of carbonyl (C=O) groups excluding carboxylic acids is 1. The Kier molecular flexibility index (Phi) is 4.88. The number of para-hydroxylation sites is 2. The second-order valence-electron chi connectivity index (χ2n) is 4.37. The molecular formula is C15H13N3O5. The van der Waals surface area contributed by atoms with Crippen molar-refractivity contribution in [3.05, 3.63) is 63.7 Å². The molecule has 0 atom stereocenters. The van der Waals surface area contributed by atoms with E-state index in [1.54, 1.807) is 18.2 Å². The van der Waals surface area contributed by atoms with Crippen molar-refractivity contribution < 1.29 is 19.6 Å². The van der Waals surface area contributed by atoms with Gasteiger partial charge < -0.3 is 9.84 Å². The SMILES string of the molecule is COc1cccc(/C=N/NC(=O)c2ccccc2[N+](=O)[O-])c1O. The zero-order chi connectivity index (χ0) is 16.8. The number of benzene rings is 2. The molecule has 0 saturated carbocycles. The summed E-state index contributed by atoms with van der Waals surface area (Å²) in [6.07, 6.45) is 1.21. The fourth-order valence-electron chi connectivity index (χ4n) is 1.85. The van der Waals surface area contributed by atoms with Gasteiger partial charge in [0.15, 0.2) is 11.5 Å². The number of methoxy groups -OCH3 is 1. The van der Waals surface area contributed by atoms with Crippen LogP contribution in [-0.2, 0) is 0 Å². The summed E-state index contributed by atoms with van der Waals surface area (Å²) >= 11 is 0. The van der Waals surface area contributed by atoms with Gasteiger partial charge in [0.1, 0.15) is 5.56 Å². The number of hydrogen-bond donors (Lipinski definition) is 2. The molecule has 0 bridgehead atoms. The maximum Gasteiger partial charge on any atom is 0.282 e. The summed E-state index contributed by atoms with van der Waals surface area (Å²) in [5, 5.41) is 24.4. The Morgan fingerprint density at radius 1 is 1.30 bits per heavy atom. The van der Waals surface area contributed by atoms with Gasteiger partial charge in [0, 0.05) is 11.6 Å². The monoisotopic (exact) mass is 315 g/mol. The standard InChI is InChI=1S/C15H13N3O5/c1-23-13-8-4-5-10(14(13)19)9-16-17-15(20)11-6-2-3-7-12(11)18(21)22/h2-9,19H,1H3,(H,17,20)/b16-9+. The molecule has 118 valence electrons. The van der Waals surface area contributed by atoms with E-state index in [1.165, 1.54) is 37.6 Å². The first-order valence-electron chi connectivity index (χ1n) is 6.47. The summed E-state index contributed by atoms with van der Waals surface area (Å²) in [7, 11) is 1.41. The predicted octanol–water partition coefficient (Wildman–Crippen LogP) is 2.07. The summed E-state index contributed by atoms with van der Waals surface area (Å²) in [6, 6.07) is 10.3. The van der Waals surface area contributed by atoms with Gasteiger partial charge in [-0.15, -0.1) is 0 Å². The lowest BCUT2D eigenvalue weighted by Crippen LogP contribution is -2.18. The van der Waals surface area contributed by atoms with E-state index in [1.807, 2.05) is 0 Å². The summed E-state index contributed by atoms with van der Waals surface area (Å²) < 4.78 is 4.95. The van der Waals surface area contributed by atoms with Gasteiger partial charge in [-0.05, 0) is 18.2 Å². The van der Waals surface area contributed by atoms with E-state index < -0.39 is 10.8 Å². The van der Waals surface area contributed by atoms with E-state index in [2.05, 4.69) is 10.5 Å². The fraction of sp³-hybridized carbons (Fsp3) is 0.0667. The van der Waals surface area contributed by atoms with Crippen LogP contribution >= 0.6 is 0 Å². The van der Waals surface area contributed by atoms with Crippen LogP contribution in [0.4, 0.5) is 5.69 Å². The molecule has 8 nitrogen and oxygen atoms in total. The molecule has 2 rings (SSSR count). The number of hydrogen-bond acceptors (Lipinski definition) is 6. The van der Waals surface area contributed by atoms with E-state index in [9.17, 15) is 20.0 Å². The highest BCUT2D eigenvalue weighted by Crippen LogP contribution is 2.27. The molecule has 8 heteroatoms. The number of nitrogens with zero attached hydrogens (tertiary/aromatic N) is 2. The summed E-state index contributed by atoms with van der Waals surface area (Å²) in [5.41, 5.74) is 2.09. The Balaban J connectivity index is 2.15.